The summed E-state index contributed by atoms with van der Waals surface area (Å²) in [4.78, 5) is 2.43. The first-order chi connectivity index (χ1) is 25.8. The molecule has 0 unspecified atom stereocenters. The minimum Gasteiger partial charge on any atom is -0.551 e. The van der Waals surface area contributed by atoms with Gasteiger partial charge in [-0.3, -0.25) is 0 Å². The lowest BCUT2D eigenvalue weighted by atomic mass is 9.48. The van der Waals surface area contributed by atoms with Crippen molar-refractivity contribution in [3.63, 3.8) is 0 Å². The third-order valence-electron chi connectivity index (χ3n) is 10.7. The van der Waals surface area contributed by atoms with Gasteiger partial charge in [-0.05, 0) is 98.2 Å². The molecular weight excluding hydrogens is 633 g/mol. The molecule has 2 aliphatic rings. The largest absolute Gasteiger partial charge is 0.551 e. The average molecular weight is 664 g/mol. The van der Waals surface area contributed by atoms with Gasteiger partial charge >= 0.3 is 6.92 Å². The predicted molar refractivity (Wildman–Crippen MR) is 216 cm³/mol. The van der Waals surface area contributed by atoms with Crippen LogP contribution >= 0.6 is 0 Å². The standard InChI is InChI=1S/C48H30BNO2/c1-4-12-31(13-5-1)35-21-23-44-41(29-35)42-30-36-24-25-51-48(36)47-46(42)49(52-44)45-40-19-11-10-18-34(40)20-22-43(45)50(47)39-27-37(32-14-6-2-7-15-32)26-38(28-39)33-16-8-3-9-17-33/h1-30H. The Hall–Kier alpha value is -6.78. The number of fused-ring (bicyclic) bond motifs is 8. The molecule has 0 aliphatic carbocycles. The van der Waals surface area contributed by atoms with Crippen molar-refractivity contribution in [2.24, 2.45) is 0 Å². The SMILES string of the molecule is c1ccc(-c2cc(-c3ccccc3)cc(N3c4ccc5ccccc5c4B4Oc5ccc(-c6ccccc6)cc5-c5cc6ccoc6c3c54)c2)cc1. The quantitative estimate of drug-likeness (QED) is 0.175. The summed E-state index contributed by atoms with van der Waals surface area (Å²) >= 11 is 0. The van der Waals surface area contributed by atoms with Crippen molar-refractivity contribution < 1.29 is 9.07 Å². The fourth-order valence-electron chi connectivity index (χ4n) is 8.34. The lowest BCUT2D eigenvalue weighted by Gasteiger charge is -2.40. The van der Waals surface area contributed by atoms with E-state index in [-0.39, 0.29) is 6.92 Å². The van der Waals surface area contributed by atoms with E-state index in [0.717, 1.165) is 67.0 Å². The molecule has 3 nitrogen and oxygen atoms in total. The average Bonchev–Trinajstić information content (AvgIpc) is 3.70. The van der Waals surface area contributed by atoms with E-state index in [1.807, 2.05) is 6.26 Å². The van der Waals surface area contributed by atoms with Crippen LogP contribution < -0.4 is 20.5 Å². The highest BCUT2D eigenvalue weighted by Crippen LogP contribution is 2.49. The highest BCUT2D eigenvalue weighted by molar-refractivity contribution is 6.87. The summed E-state index contributed by atoms with van der Waals surface area (Å²) in [5, 5.41) is 3.42. The van der Waals surface area contributed by atoms with Crippen molar-refractivity contribution in [3.05, 3.63) is 182 Å². The van der Waals surface area contributed by atoms with Gasteiger partial charge in [0.1, 0.15) is 5.75 Å². The molecule has 0 saturated carbocycles. The second kappa shape index (κ2) is 11.4. The Labute approximate surface area is 302 Å². The van der Waals surface area contributed by atoms with Crippen LogP contribution in [0.15, 0.2) is 187 Å². The Morgan fingerprint density at radius 3 is 1.81 bits per heavy atom. The van der Waals surface area contributed by atoms with E-state index < -0.39 is 0 Å². The van der Waals surface area contributed by atoms with Crippen molar-refractivity contribution in [2.75, 3.05) is 4.90 Å². The van der Waals surface area contributed by atoms with Gasteiger partial charge in [0.2, 0.25) is 0 Å². The van der Waals surface area contributed by atoms with Crippen molar-refractivity contribution in [1.29, 1.82) is 0 Å². The van der Waals surface area contributed by atoms with Gasteiger partial charge in [-0.25, -0.2) is 0 Å². The van der Waals surface area contributed by atoms with Gasteiger partial charge in [0.25, 0.3) is 0 Å². The minimum absolute atomic E-state index is 0.335. The molecule has 0 amide bonds. The van der Waals surface area contributed by atoms with E-state index in [1.54, 1.807) is 0 Å². The smallest absolute Gasteiger partial charge is 0.432 e. The molecule has 8 aromatic carbocycles. The first-order valence-electron chi connectivity index (χ1n) is 17.8. The summed E-state index contributed by atoms with van der Waals surface area (Å²) in [5.41, 5.74) is 15.5. The van der Waals surface area contributed by atoms with Gasteiger partial charge in [0.15, 0.2) is 5.58 Å². The molecule has 11 rings (SSSR count). The zero-order chi connectivity index (χ0) is 34.2. The maximum absolute atomic E-state index is 7.19. The van der Waals surface area contributed by atoms with Crippen molar-refractivity contribution in [3.8, 4) is 50.3 Å². The van der Waals surface area contributed by atoms with Crippen LogP contribution in [0.5, 0.6) is 5.75 Å². The van der Waals surface area contributed by atoms with E-state index in [1.165, 1.54) is 33.0 Å². The summed E-state index contributed by atoms with van der Waals surface area (Å²) in [6, 6.07) is 63.0. The zero-order valence-electron chi connectivity index (χ0n) is 28.2. The number of hydrogen-bond acceptors (Lipinski definition) is 3. The van der Waals surface area contributed by atoms with Gasteiger partial charge in [-0.15, -0.1) is 0 Å². The molecule has 1 aromatic heterocycles. The minimum atomic E-state index is -0.335. The van der Waals surface area contributed by atoms with Gasteiger partial charge < -0.3 is 14.0 Å². The van der Waals surface area contributed by atoms with Crippen LogP contribution in [0.3, 0.4) is 0 Å². The molecule has 0 fully saturated rings. The van der Waals surface area contributed by atoms with Crippen molar-refractivity contribution in [2.45, 2.75) is 0 Å². The first-order valence-corrected chi connectivity index (χ1v) is 17.8. The number of nitrogens with zero attached hydrogens (tertiary/aromatic N) is 1. The topological polar surface area (TPSA) is 25.6 Å². The van der Waals surface area contributed by atoms with Crippen LogP contribution in [0.25, 0.3) is 66.2 Å². The first kappa shape index (κ1) is 29.0. The van der Waals surface area contributed by atoms with Crippen LogP contribution in [0.1, 0.15) is 0 Å². The fourth-order valence-corrected chi connectivity index (χ4v) is 8.34. The highest BCUT2D eigenvalue weighted by atomic mass is 16.4. The molecule has 0 spiro atoms. The zero-order valence-corrected chi connectivity index (χ0v) is 28.2. The van der Waals surface area contributed by atoms with Gasteiger partial charge in [-0.1, -0.05) is 127 Å². The monoisotopic (exact) mass is 663 g/mol. The second-order valence-corrected chi connectivity index (χ2v) is 13.7. The van der Waals surface area contributed by atoms with E-state index in [2.05, 4.69) is 181 Å². The lowest BCUT2D eigenvalue weighted by molar-refractivity contribution is 0.589. The van der Waals surface area contributed by atoms with E-state index in [9.17, 15) is 0 Å². The summed E-state index contributed by atoms with van der Waals surface area (Å²) in [7, 11) is 0. The Morgan fingerprint density at radius 1 is 0.442 bits per heavy atom. The summed E-state index contributed by atoms with van der Waals surface area (Å²) < 4.78 is 13.6. The van der Waals surface area contributed by atoms with Crippen molar-refractivity contribution in [1.82, 2.24) is 0 Å². The Morgan fingerprint density at radius 2 is 1.10 bits per heavy atom. The van der Waals surface area contributed by atoms with Crippen LogP contribution in [-0.2, 0) is 0 Å². The Bertz CT molecular complexity index is 2770. The molecule has 9 aromatic rings. The van der Waals surface area contributed by atoms with Crippen LogP contribution in [0.2, 0.25) is 0 Å². The van der Waals surface area contributed by atoms with Gasteiger partial charge in [0.05, 0.1) is 12.0 Å². The van der Waals surface area contributed by atoms with E-state index in [0.29, 0.717) is 0 Å². The number of hydrogen-bond donors (Lipinski definition) is 0. The maximum atomic E-state index is 7.19. The van der Waals surface area contributed by atoms with Gasteiger partial charge in [0, 0.05) is 33.3 Å². The lowest BCUT2D eigenvalue weighted by Crippen LogP contribution is -2.56. The summed E-state index contributed by atoms with van der Waals surface area (Å²) in [5.74, 6) is 0.885. The molecule has 52 heavy (non-hydrogen) atoms. The van der Waals surface area contributed by atoms with Crippen molar-refractivity contribution >= 4 is 56.6 Å². The molecule has 0 radical (unpaired) electrons. The van der Waals surface area contributed by atoms with E-state index in [4.69, 9.17) is 9.07 Å². The van der Waals surface area contributed by atoms with Gasteiger partial charge in [-0.2, -0.15) is 0 Å². The fraction of sp³-hybridized carbons (Fsp3) is 0. The maximum Gasteiger partial charge on any atom is 0.432 e. The summed E-state index contributed by atoms with van der Waals surface area (Å²) in [6.45, 7) is -0.335. The molecular formula is C48H30BNO2. The molecule has 2 aliphatic heterocycles. The number of rotatable bonds is 4. The predicted octanol–water partition coefficient (Wildman–Crippen LogP) is 11.5. The molecule has 4 heteroatoms. The Kier molecular flexibility index (Phi) is 6.35. The normalized spacial score (nSPS) is 12.7. The van der Waals surface area contributed by atoms with E-state index >= 15 is 0 Å². The molecule has 3 heterocycles. The van der Waals surface area contributed by atoms with Crippen LogP contribution in [-0.4, -0.2) is 6.92 Å². The number of anilines is 3. The summed E-state index contributed by atoms with van der Waals surface area (Å²) in [6.07, 6.45) is 1.81. The highest BCUT2D eigenvalue weighted by Gasteiger charge is 2.45. The molecule has 0 N–H and O–H groups in total. The number of furan rings is 1. The third kappa shape index (κ3) is 4.41. The van der Waals surface area contributed by atoms with Crippen LogP contribution in [0.4, 0.5) is 17.1 Å². The molecule has 242 valence electrons. The van der Waals surface area contributed by atoms with Crippen LogP contribution in [0, 0.1) is 0 Å². The number of benzene rings is 8. The Balaban J connectivity index is 1.25. The second-order valence-electron chi connectivity index (χ2n) is 13.7. The third-order valence-corrected chi connectivity index (χ3v) is 10.7. The molecule has 0 atom stereocenters. The molecule has 0 saturated heterocycles. The molecule has 0 bridgehead atoms.